The Morgan fingerprint density at radius 1 is 1.35 bits per heavy atom. The van der Waals surface area contributed by atoms with Crippen LogP contribution in [-0.4, -0.2) is 36.2 Å². The summed E-state index contributed by atoms with van der Waals surface area (Å²) in [6.45, 7) is 10.4. The molecule has 23 heavy (non-hydrogen) atoms. The van der Waals surface area contributed by atoms with Crippen molar-refractivity contribution in [3.63, 3.8) is 0 Å². The van der Waals surface area contributed by atoms with E-state index < -0.39 is 5.60 Å². The first-order chi connectivity index (χ1) is 10.7. The minimum absolute atomic E-state index is 0.183. The molecule has 1 aromatic carbocycles. The topological polar surface area (TPSA) is 41.6 Å². The molecule has 0 aromatic heterocycles. The van der Waals surface area contributed by atoms with Crippen molar-refractivity contribution in [2.24, 2.45) is 5.92 Å². The highest BCUT2D eigenvalue weighted by atomic mass is 127. The van der Waals surface area contributed by atoms with Gasteiger partial charge in [-0.05, 0) is 92.8 Å². The molecule has 1 N–H and O–H groups in total. The standard InChI is InChI=1S/C18H27IN2O2/c1-13-11-15(5-6-16(13)19)20-12-14-7-9-21(10-8-14)17(22)23-18(2,3)4/h5-6,11,14,20H,7-10,12H2,1-4H3. The zero-order valence-corrected chi connectivity index (χ0v) is 16.6. The van der Waals surface area contributed by atoms with Gasteiger partial charge in [0.25, 0.3) is 0 Å². The molecule has 1 aliphatic rings. The first kappa shape index (κ1) is 18.4. The lowest BCUT2D eigenvalue weighted by Gasteiger charge is -2.33. The van der Waals surface area contributed by atoms with Crippen LogP contribution >= 0.6 is 22.6 Å². The van der Waals surface area contributed by atoms with Gasteiger partial charge in [0, 0.05) is 28.9 Å². The van der Waals surface area contributed by atoms with Crippen LogP contribution in [0.1, 0.15) is 39.2 Å². The largest absolute Gasteiger partial charge is 0.444 e. The first-order valence-electron chi connectivity index (χ1n) is 8.22. The molecule has 0 aliphatic carbocycles. The number of carbonyl (C=O) groups excluding carboxylic acids is 1. The van der Waals surface area contributed by atoms with Gasteiger partial charge in [-0.1, -0.05) is 0 Å². The quantitative estimate of drug-likeness (QED) is 0.710. The Labute approximate surface area is 153 Å². The lowest BCUT2D eigenvalue weighted by atomic mass is 9.97. The Morgan fingerprint density at radius 3 is 2.57 bits per heavy atom. The van der Waals surface area contributed by atoms with E-state index in [4.69, 9.17) is 4.74 Å². The zero-order chi connectivity index (χ0) is 17.0. The van der Waals surface area contributed by atoms with E-state index in [1.807, 2.05) is 25.7 Å². The number of piperidine rings is 1. The van der Waals surface area contributed by atoms with E-state index in [0.29, 0.717) is 5.92 Å². The maximum atomic E-state index is 12.1. The van der Waals surface area contributed by atoms with Crippen LogP contribution in [0.2, 0.25) is 0 Å². The second kappa shape index (κ2) is 7.73. The Balaban J connectivity index is 1.76. The molecule has 4 nitrogen and oxygen atoms in total. The molecule has 1 fully saturated rings. The molecule has 1 aromatic rings. The van der Waals surface area contributed by atoms with Gasteiger partial charge < -0.3 is 15.0 Å². The number of amides is 1. The van der Waals surface area contributed by atoms with Gasteiger partial charge in [-0.15, -0.1) is 0 Å². The Kier molecular flexibility index (Phi) is 6.17. The summed E-state index contributed by atoms with van der Waals surface area (Å²) < 4.78 is 6.73. The van der Waals surface area contributed by atoms with E-state index in [1.54, 1.807) is 0 Å². The molecule has 0 atom stereocenters. The third-order valence-corrected chi connectivity index (χ3v) is 5.23. The maximum absolute atomic E-state index is 12.1. The number of benzene rings is 1. The van der Waals surface area contributed by atoms with Crippen LogP contribution in [0, 0.1) is 16.4 Å². The van der Waals surface area contributed by atoms with Gasteiger partial charge in [-0.2, -0.15) is 0 Å². The number of likely N-dealkylation sites (tertiary alicyclic amines) is 1. The van der Waals surface area contributed by atoms with Crippen molar-refractivity contribution in [3.8, 4) is 0 Å². The second-order valence-electron chi connectivity index (χ2n) is 7.26. The van der Waals surface area contributed by atoms with E-state index in [2.05, 4.69) is 53.0 Å². The number of anilines is 1. The Bertz CT molecular complexity index is 546. The molecule has 5 heteroatoms. The van der Waals surface area contributed by atoms with Gasteiger partial charge in [-0.3, -0.25) is 0 Å². The second-order valence-corrected chi connectivity index (χ2v) is 8.42. The summed E-state index contributed by atoms with van der Waals surface area (Å²) in [6.07, 6.45) is 1.86. The predicted octanol–water partition coefficient (Wildman–Crippen LogP) is 4.66. The fraction of sp³-hybridized carbons (Fsp3) is 0.611. The number of nitrogens with zero attached hydrogens (tertiary/aromatic N) is 1. The van der Waals surface area contributed by atoms with Crippen LogP contribution < -0.4 is 5.32 Å². The minimum Gasteiger partial charge on any atom is -0.444 e. The van der Waals surface area contributed by atoms with Gasteiger partial charge in [0.15, 0.2) is 0 Å². The summed E-state index contributed by atoms with van der Waals surface area (Å²) >= 11 is 2.35. The van der Waals surface area contributed by atoms with E-state index in [1.165, 1.54) is 14.8 Å². The number of halogens is 1. The van der Waals surface area contributed by atoms with Gasteiger partial charge in [0.2, 0.25) is 0 Å². The smallest absolute Gasteiger partial charge is 0.410 e. The van der Waals surface area contributed by atoms with Gasteiger partial charge in [0.1, 0.15) is 5.60 Å². The van der Waals surface area contributed by atoms with Crippen LogP contribution in [0.25, 0.3) is 0 Å². The Hall–Kier alpha value is -0.980. The van der Waals surface area contributed by atoms with Crippen molar-refractivity contribution < 1.29 is 9.53 Å². The highest BCUT2D eigenvalue weighted by molar-refractivity contribution is 14.1. The molecule has 2 rings (SSSR count). The fourth-order valence-corrected chi connectivity index (χ4v) is 3.00. The number of rotatable bonds is 3. The van der Waals surface area contributed by atoms with Crippen molar-refractivity contribution >= 4 is 34.4 Å². The summed E-state index contributed by atoms with van der Waals surface area (Å²) in [7, 11) is 0. The number of ether oxygens (including phenoxy) is 1. The number of aryl methyl sites for hydroxylation is 1. The number of nitrogens with one attached hydrogen (secondary N) is 1. The van der Waals surface area contributed by atoms with Crippen LogP contribution in [0.15, 0.2) is 18.2 Å². The summed E-state index contributed by atoms with van der Waals surface area (Å²) in [5.41, 5.74) is 2.06. The predicted molar refractivity (Wildman–Crippen MR) is 103 cm³/mol. The zero-order valence-electron chi connectivity index (χ0n) is 14.5. The SMILES string of the molecule is Cc1cc(NCC2CCN(C(=O)OC(C)(C)C)CC2)ccc1I. The molecule has 1 aliphatic heterocycles. The summed E-state index contributed by atoms with van der Waals surface area (Å²) in [5.74, 6) is 0.605. The molecule has 1 saturated heterocycles. The average molecular weight is 430 g/mol. The molecule has 0 bridgehead atoms. The average Bonchev–Trinajstić information content (AvgIpc) is 2.47. The van der Waals surface area contributed by atoms with Gasteiger partial charge >= 0.3 is 6.09 Å². The van der Waals surface area contributed by atoms with Crippen molar-refractivity contribution in [1.29, 1.82) is 0 Å². The van der Waals surface area contributed by atoms with Crippen LogP contribution in [0.3, 0.4) is 0 Å². The molecule has 128 valence electrons. The highest BCUT2D eigenvalue weighted by Crippen LogP contribution is 2.22. The number of hydrogen-bond acceptors (Lipinski definition) is 3. The normalized spacial score (nSPS) is 16.3. The molecular weight excluding hydrogens is 403 g/mol. The summed E-state index contributed by atoms with van der Waals surface area (Å²) in [5, 5.41) is 3.53. The number of carbonyl (C=O) groups is 1. The molecule has 1 heterocycles. The van der Waals surface area contributed by atoms with E-state index in [9.17, 15) is 4.79 Å². The highest BCUT2D eigenvalue weighted by Gasteiger charge is 2.26. The van der Waals surface area contributed by atoms with Crippen molar-refractivity contribution in [2.45, 2.75) is 46.1 Å². The van der Waals surface area contributed by atoms with Crippen LogP contribution in [-0.2, 0) is 4.74 Å². The third-order valence-electron chi connectivity index (χ3n) is 4.02. The third kappa shape index (κ3) is 5.86. The molecule has 0 spiro atoms. The van der Waals surface area contributed by atoms with Gasteiger partial charge in [-0.25, -0.2) is 4.79 Å². The van der Waals surface area contributed by atoms with Crippen molar-refractivity contribution in [1.82, 2.24) is 4.90 Å². The first-order valence-corrected chi connectivity index (χ1v) is 9.30. The van der Waals surface area contributed by atoms with E-state index >= 15 is 0 Å². The fourth-order valence-electron chi connectivity index (χ4n) is 2.66. The molecule has 0 unspecified atom stereocenters. The molecule has 0 radical (unpaired) electrons. The minimum atomic E-state index is -0.418. The summed E-state index contributed by atoms with van der Waals surface area (Å²) in [6, 6.07) is 6.46. The Morgan fingerprint density at radius 2 is 2.00 bits per heavy atom. The number of hydrogen-bond donors (Lipinski definition) is 1. The lowest BCUT2D eigenvalue weighted by molar-refractivity contribution is 0.0188. The molecule has 1 amide bonds. The van der Waals surface area contributed by atoms with E-state index in [-0.39, 0.29) is 6.09 Å². The lowest BCUT2D eigenvalue weighted by Crippen LogP contribution is -2.42. The van der Waals surface area contributed by atoms with Gasteiger partial charge in [0.05, 0.1) is 0 Å². The van der Waals surface area contributed by atoms with Crippen molar-refractivity contribution in [2.75, 3.05) is 25.0 Å². The van der Waals surface area contributed by atoms with Crippen LogP contribution in [0.5, 0.6) is 0 Å². The summed E-state index contributed by atoms with van der Waals surface area (Å²) in [4.78, 5) is 13.9. The maximum Gasteiger partial charge on any atom is 0.410 e. The van der Waals surface area contributed by atoms with Crippen LogP contribution in [0.4, 0.5) is 10.5 Å². The monoisotopic (exact) mass is 430 g/mol. The molecular formula is C18H27IN2O2. The van der Waals surface area contributed by atoms with Crippen molar-refractivity contribution in [3.05, 3.63) is 27.3 Å². The molecule has 0 saturated carbocycles. The van der Waals surface area contributed by atoms with E-state index in [0.717, 1.165) is 32.5 Å².